The van der Waals surface area contributed by atoms with Crippen molar-refractivity contribution in [1.82, 2.24) is 9.80 Å². The lowest BCUT2D eigenvalue weighted by Crippen LogP contribution is -2.58. The minimum absolute atomic E-state index is 0.0130. The van der Waals surface area contributed by atoms with E-state index in [1.807, 2.05) is 48.2 Å². The zero-order valence-electron chi connectivity index (χ0n) is 16.2. The average molecular weight is 370 g/mol. The summed E-state index contributed by atoms with van der Waals surface area (Å²) in [5.41, 5.74) is 2.11. The van der Waals surface area contributed by atoms with Crippen LogP contribution in [-0.2, 0) is 11.3 Å². The second kappa shape index (κ2) is 8.53. The number of nitrogens with zero attached hydrogens (tertiary/aromatic N) is 2. The van der Waals surface area contributed by atoms with Crippen molar-refractivity contribution in [2.45, 2.75) is 39.4 Å². The summed E-state index contributed by atoms with van der Waals surface area (Å²) in [5, 5.41) is 0. The number of piperazine rings is 1. The Balaban J connectivity index is 1.56. The van der Waals surface area contributed by atoms with Crippen molar-refractivity contribution in [1.29, 1.82) is 0 Å². The molecule has 2 aromatic carbocycles. The number of hydrogen-bond acceptors (Lipinski definition) is 3. The molecule has 2 unspecified atom stereocenters. The molecule has 0 bridgehead atoms. The van der Waals surface area contributed by atoms with E-state index in [-0.39, 0.29) is 30.4 Å². The summed E-state index contributed by atoms with van der Waals surface area (Å²) in [7, 11) is 0. The molecule has 0 radical (unpaired) electrons. The summed E-state index contributed by atoms with van der Waals surface area (Å²) in [5.74, 6) is 0.546. The molecule has 4 nitrogen and oxygen atoms in total. The second-order valence-electron chi connectivity index (χ2n) is 7.35. The Morgan fingerprint density at radius 1 is 1.07 bits per heavy atom. The summed E-state index contributed by atoms with van der Waals surface area (Å²) in [4.78, 5) is 16.9. The molecule has 0 saturated carbocycles. The predicted octanol–water partition coefficient (Wildman–Crippen LogP) is 3.63. The van der Waals surface area contributed by atoms with E-state index in [0.717, 1.165) is 30.0 Å². The van der Waals surface area contributed by atoms with Crippen molar-refractivity contribution in [3.05, 3.63) is 65.5 Å². The van der Waals surface area contributed by atoms with Crippen LogP contribution in [-0.4, -0.2) is 47.5 Å². The third-order valence-corrected chi connectivity index (χ3v) is 5.18. The molecule has 0 aliphatic carbocycles. The van der Waals surface area contributed by atoms with Crippen LogP contribution >= 0.6 is 0 Å². The van der Waals surface area contributed by atoms with Gasteiger partial charge in [-0.15, -0.1) is 0 Å². The molecule has 144 valence electrons. The van der Waals surface area contributed by atoms with Gasteiger partial charge in [0.05, 0.1) is 0 Å². The summed E-state index contributed by atoms with van der Waals surface area (Å²) in [6, 6.07) is 14.7. The topological polar surface area (TPSA) is 32.8 Å². The van der Waals surface area contributed by atoms with Crippen molar-refractivity contribution in [3.63, 3.8) is 0 Å². The van der Waals surface area contributed by atoms with Crippen LogP contribution in [0.2, 0.25) is 0 Å². The van der Waals surface area contributed by atoms with E-state index in [0.29, 0.717) is 6.54 Å². The third-order valence-electron chi connectivity index (χ3n) is 5.18. The van der Waals surface area contributed by atoms with Crippen molar-refractivity contribution >= 4 is 5.91 Å². The monoisotopic (exact) mass is 370 g/mol. The van der Waals surface area contributed by atoms with E-state index in [2.05, 4.69) is 18.7 Å². The first-order chi connectivity index (χ1) is 12.9. The van der Waals surface area contributed by atoms with Gasteiger partial charge in [0.15, 0.2) is 6.61 Å². The maximum Gasteiger partial charge on any atom is 0.260 e. The summed E-state index contributed by atoms with van der Waals surface area (Å²) >= 11 is 0. The van der Waals surface area contributed by atoms with Gasteiger partial charge in [-0.05, 0) is 50.1 Å². The number of carbonyl (C=O) groups excluding carboxylic acids is 1. The molecule has 1 heterocycles. The Hall–Kier alpha value is -2.40. The molecule has 1 amide bonds. The maximum atomic E-state index is 13.1. The lowest BCUT2D eigenvalue weighted by atomic mass is 10.1. The first kappa shape index (κ1) is 19.4. The fourth-order valence-corrected chi connectivity index (χ4v) is 3.53. The first-order valence-electron chi connectivity index (χ1n) is 9.40. The second-order valence-corrected chi connectivity index (χ2v) is 7.35. The normalized spacial score (nSPS) is 20.5. The van der Waals surface area contributed by atoms with E-state index in [1.165, 1.54) is 12.1 Å². The Morgan fingerprint density at radius 3 is 2.48 bits per heavy atom. The van der Waals surface area contributed by atoms with Crippen LogP contribution in [0.15, 0.2) is 48.5 Å². The molecular formula is C22H27FN2O2. The van der Waals surface area contributed by atoms with Gasteiger partial charge in [0.2, 0.25) is 0 Å². The fourth-order valence-electron chi connectivity index (χ4n) is 3.53. The van der Waals surface area contributed by atoms with E-state index in [4.69, 9.17) is 4.74 Å². The number of rotatable bonds is 5. The van der Waals surface area contributed by atoms with Gasteiger partial charge in [-0.25, -0.2) is 4.39 Å². The highest BCUT2D eigenvalue weighted by molar-refractivity contribution is 5.78. The van der Waals surface area contributed by atoms with Crippen LogP contribution in [0.5, 0.6) is 5.75 Å². The van der Waals surface area contributed by atoms with Gasteiger partial charge in [-0.1, -0.05) is 30.3 Å². The molecule has 27 heavy (non-hydrogen) atoms. The van der Waals surface area contributed by atoms with E-state index < -0.39 is 0 Å². The molecule has 1 aliphatic heterocycles. The summed E-state index contributed by atoms with van der Waals surface area (Å²) in [6.45, 7) is 8.42. The molecule has 1 aliphatic rings. The summed E-state index contributed by atoms with van der Waals surface area (Å²) < 4.78 is 18.8. The van der Waals surface area contributed by atoms with E-state index in [1.54, 1.807) is 0 Å². The SMILES string of the molecule is Cc1ccccc1OCC(=O)N1CC(C)N(Cc2ccc(F)cc2)CC1C. The van der Waals surface area contributed by atoms with Gasteiger partial charge >= 0.3 is 0 Å². The van der Waals surface area contributed by atoms with Crippen molar-refractivity contribution in [3.8, 4) is 5.75 Å². The standard InChI is InChI=1S/C22H27FN2O2/c1-16-6-4-5-7-21(16)27-15-22(26)25-13-17(2)24(12-18(25)3)14-19-8-10-20(23)11-9-19/h4-11,17-18H,12-15H2,1-3H3. The number of para-hydroxylation sites is 1. The van der Waals surface area contributed by atoms with Crippen LogP contribution < -0.4 is 4.74 Å². The Morgan fingerprint density at radius 2 is 1.78 bits per heavy atom. The van der Waals surface area contributed by atoms with Gasteiger partial charge in [0, 0.05) is 31.7 Å². The van der Waals surface area contributed by atoms with E-state index >= 15 is 0 Å². The minimum atomic E-state index is -0.218. The van der Waals surface area contributed by atoms with Crippen molar-refractivity contribution in [2.24, 2.45) is 0 Å². The van der Waals surface area contributed by atoms with E-state index in [9.17, 15) is 9.18 Å². The highest BCUT2D eigenvalue weighted by atomic mass is 19.1. The lowest BCUT2D eigenvalue weighted by molar-refractivity contribution is -0.139. The van der Waals surface area contributed by atoms with Gasteiger partial charge in [0.1, 0.15) is 11.6 Å². The molecule has 2 aromatic rings. The number of halogens is 1. The quantitative estimate of drug-likeness (QED) is 0.806. The molecule has 5 heteroatoms. The minimum Gasteiger partial charge on any atom is -0.484 e. The van der Waals surface area contributed by atoms with Gasteiger partial charge < -0.3 is 9.64 Å². The van der Waals surface area contributed by atoms with Crippen LogP contribution in [0.25, 0.3) is 0 Å². The lowest BCUT2D eigenvalue weighted by Gasteiger charge is -2.44. The van der Waals surface area contributed by atoms with Crippen molar-refractivity contribution < 1.29 is 13.9 Å². The number of benzene rings is 2. The van der Waals surface area contributed by atoms with Gasteiger partial charge in [0.25, 0.3) is 5.91 Å². The third kappa shape index (κ3) is 4.86. The number of amides is 1. The van der Waals surface area contributed by atoms with Crippen molar-refractivity contribution in [2.75, 3.05) is 19.7 Å². The predicted molar refractivity (Wildman–Crippen MR) is 104 cm³/mol. The fraction of sp³-hybridized carbons (Fsp3) is 0.409. The molecule has 2 atom stereocenters. The van der Waals surface area contributed by atoms with Crippen LogP contribution in [0, 0.1) is 12.7 Å². The molecular weight excluding hydrogens is 343 g/mol. The summed E-state index contributed by atoms with van der Waals surface area (Å²) in [6.07, 6.45) is 0. The highest BCUT2D eigenvalue weighted by Gasteiger charge is 2.32. The smallest absolute Gasteiger partial charge is 0.260 e. The van der Waals surface area contributed by atoms with Crippen LogP contribution in [0.4, 0.5) is 4.39 Å². The van der Waals surface area contributed by atoms with Gasteiger partial charge in [-0.3, -0.25) is 9.69 Å². The molecule has 0 spiro atoms. The molecule has 0 N–H and O–H groups in total. The average Bonchev–Trinajstić information content (AvgIpc) is 2.65. The molecule has 3 rings (SSSR count). The molecule has 1 fully saturated rings. The van der Waals surface area contributed by atoms with Crippen LogP contribution in [0.3, 0.4) is 0 Å². The van der Waals surface area contributed by atoms with Crippen LogP contribution in [0.1, 0.15) is 25.0 Å². The maximum absolute atomic E-state index is 13.1. The zero-order valence-corrected chi connectivity index (χ0v) is 16.2. The largest absolute Gasteiger partial charge is 0.484 e. The zero-order chi connectivity index (χ0) is 19.4. The Bertz CT molecular complexity index is 778. The number of aryl methyl sites for hydroxylation is 1. The Labute approximate surface area is 160 Å². The Kier molecular flexibility index (Phi) is 6.11. The van der Waals surface area contributed by atoms with Gasteiger partial charge in [-0.2, -0.15) is 0 Å². The molecule has 1 saturated heterocycles. The number of ether oxygens (including phenoxy) is 1. The highest BCUT2D eigenvalue weighted by Crippen LogP contribution is 2.20. The number of carbonyl (C=O) groups is 1. The first-order valence-corrected chi connectivity index (χ1v) is 9.40. The molecule has 0 aromatic heterocycles. The number of hydrogen-bond donors (Lipinski definition) is 0.